The lowest BCUT2D eigenvalue weighted by atomic mass is 10.0. The lowest BCUT2D eigenvalue weighted by molar-refractivity contribution is -0.136. The molecule has 2 aromatic carbocycles. The van der Waals surface area contributed by atoms with Crippen molar-refractivity contribution >= 4 is 23.6 Å². The minimum absolute atomic E-state index is 0.252. The molecule has 0 aromatic heterocycles. The number of allylic oxidation sites excluding steroid dienone is 1. The average molecular weight is 393 g/mol. The Bertz CT molecular complexity index is 971. The Hall–Kier alpha value is -3.54. The van der Waals surface area contributed by atoms with Crippen molar-refractivity contribution in [1.29, 1.82) is 0 Å². The number of carbonyl (C=O) groups excluding carboxylic acids is 2. The van der Waals surface area contributed by atoms with Crippen LogP contribution < -0.4 is 14.4 Å². The van der Waals surface area contributed by atoms with Gasteiger partial charge in [0.1, 0.15) is 11.5 Å². The van der Waals surface area contributed by atoms with Crippen LogP contribution in [-0.4, -0.2) is 32.7 Å². The van der Waals surface area contributed by atoms with Crippen LogP contribution in [0.3, 0.4) is 0 Å². The fraction of sp³-hybridized carbons (Fsp3) is 0.217. The highest BCUT2D eigenvalue weighted by molar-refractivity contribution is 6.23. The van der Waals surface area contributed by atoms with Gasteiger partial charge in [0.15, 0.2) is 0 Å². The van der Waals surface area contributed by atoms with Gasteiger partial charge in [-0.3, -0.25) is 9.69 Å². The summed E-state index contributed by atoms with van der Waals surface area (Å²) in [6.45, 7) is 4.22. The van der Waals surface area contributed by atoms with Gasteiger partial charge in [-0.25, -0.2) is 4.79 Å². The highest BCUT2D eigenvalue weighted by atomic mass is 16.5. The first-order valence-corrected chi connectivity index (χ1v) is 9.22. The van der Waals surface area contributed by atoms with Crippen molar-refractivity contribution < 1.29 is 23.8 Å². The molecule has 0 bridgehead atoms. The molecule has 1 heterocycles. The molecule has 0 atom stereocenters. The third kappa shape index (κ3) is 4.01. The largest absolute Gasteiger partial charge is 0.497 e. The molecule has 0 saturated heterocycles. The molecule has 1 aliphatic rings. The first kappa shape index (κ1) is 20.2. The monoisotopic (exact) mass is 393 g/mol. The Morgan fingerprint density at radius 2 is 1.62 bits per heavy atom. The Morgan fingerprint density at radius 3 is 2.17 bits per heavy atom. The first-order valence-electron chi connectivity index (χ1n) is 9.22. The van der Waals surface area contributed by atoms with Crippen molar-refractivity contribution in [2.75, 3.05) is 25.7 Å². The summed E-state index contributed by atoms with van der Waals surface area (Å²) in [5.74, 6) is 0.582. The second kappa shape index (κ2) is 8.65. The minimum atomic E-state index is -0.552. The van der Waals surface area contributed by atoms with Crippen LogP contribution in [0.4, 0.5) is 5.69 Å². The van der Waals surface area contributed by atoms with Crippen LogP contribution in [0.15, 0.2) is 65.4 Å². The Kier molecular flexibility index (Phi) is 6.02. The molecule has 0 saturated carbocycles. The first-order chi connectivity index (χ1) is 14.0. The second-order valence-corrected chi connectivity index (χ2v) is 6.35. The van der Waals surface area contributed by atoms with Crippen molar-refractivity contribution in [2.24, 2.45) is 0 Å². The molecular weight excluding hydrogens is 370 g/mol. The van der Waals surface area contributed by atoms with E-state index in [1.807, 2.05) is 31.2 Å². The van der Waals surface area contributed by atoms with Crippen LogP contribution in [0.25, 0.3) is 6.08 Å². The number of nitrogens with zero attached hydrogens (tertiary/aromatic N) is 1. The predicted octanol–water partition coefficient (Wildman–Crippen LogP) is 3.97. The van der Waals surface area contributed by atoms with Gasteiger partial charge in [0.25, 0.3) is 5.91 Å². The highest BCUT2D eigenvalue weighted by Gasteiger charge is 2.37. The summed E-state index contributed by atoms with van der Waals surface area (Å²) >= 11 is 0. The molecule has 150 valence electrons. The zero-order valence-corrected chi connectivity index (χ0v) is 16.9. The average Bonchev–Trinajstić information content (AvgIpc) is 2.98. The van der Waals surface area contributed by atoms with E-state index in [0.717, 1.165) is 11.3 Å². The number of hydrogen-bond acceptors (Lipinski definition) is 5. The number of methoxy groups -OCH3 is 2. The minimum Gasteiger partial charge on any atom is -0.497 e. The van der Waals surface area contributed by atoms with Crippen LogP contribution in [0.2, 0.25) is 0 Å². The molecule has 2 aromatic rings. The summed E-state index contributed by atoms with van der Waals surface area (Å²) in [4.78, 5) is 27.2. The lowest BCUT2D eigenvalue weighted by Crippen LogP contribution is -2.24. The summed E-state index contributed by atoms with van der Waals surface area (Å²) in [7, 11) is 2.88. The summed E-state index contributed by atoms with van der Waals surface area (Å²) in [6, 6.07) is 14.4. The maximum Gasteiger partial charge on any atom is 0.340 e. The van der Waals surface area contributed by atoms with E-state index in [-0.39, 0.29) is 17.1 Å². The van der Waals surface area contributed by atoms with Crippen LogP contribution in [0, 0.1) is 0 Å². The van der Waals surface area contributed by atoms with Gasteiger partial charge in [-0.15, -0.1) is 0 Å². The molecule has 1 amide bonds. The molecule has 6 nitrogen and oxygen atoms in total. The molecule has 6 heteroatoms. The normalized spacial score (nSPS) is 15.1. The number of anilines is 1. The van der Waals surface area contributed by atoms with Gasteiger partial charge >= 0.3 is 5.97 Å². The molecule has 0 fully saturated rings. The molecule has 0 aliphatic carbocycles. The van der Waals surface area contributed by atoms with Crippen LogP contribution >= 0.6 is 0 Å². The quantitative estimate of drug-likeness (QED) is 0.549. The SMILES string of the molecule is CCOc1ccc(/C=C2\C(=O)N(c3ccc(OC)cc3)C(C)=C2C(=O)OC)cc1. The molecule has 0 spiro atoms. The third-order valence-corrected chi connectivity index (χ3v) is 4.62. The summed E-state index contributed by atoms with van der Waals surface area (Å²) in [5, 5.41) is 0. The van der Waals surface area contributed by atoms with E-state index in [1.54, 1.807) is 44.4 Å². The van der Waals surface area contributed by atoms with Crippen molar-refractivity contribution in [3.8, 4) is 11.5 Å². The topological polar surface area (TPSA) is 65.1 Å². The van der Waals surface area contributed by atoms with Gasteiger partial charge in [0, 0.05) is 11.4 Å². The maximum absolute atomic E-state index is 13.2. The molecule has 29 heavy (non-hydrogen) atoms. The number of benzene rings is 2. The van der Waals surface area contributed by atoms with Gasteiger partial charge in [-0.05, 0) is 61.9 Å². The number of carbonyl (C=O) groups is 2. The molecule has 0 N–H and O–H groups in total. The summed E-state index contributed by atoms with van der Waals surface area (Å²) < 4.78 is 15.6. The molecule has 3 rings (SSSR count). The molecule has 0 unspecified atom stereocenters. The van der Waals surface area contributed by atoms with Crippen molar-refractivity contribution in [2.45, 2.75) is 13.8 Å². The van der Waals surface area contributed by atoms with Crippen molar-refractivity contribution in [3.05, 3.63) is 70.9 Å². The van der Waals surface area contributed by atoms with Gasteiger partial charge in [-0.2, -0.15) is 0 Å². The molecule has 0 radical (unpaired) electrons. The Labute approximate surface area is 170 Å². The molecule has 1 aliphatic heterocycles. The Balaban J connectivity index is 2.03. The van der Waals surface area contributed by atoms with Crippen LogP contribution in [0.1, 0.15) is 19.4 Å². The number of rotatable bonds is 6. The van der Waals surface area contributed by atoms with Gasteiger partial charge in [0.2, 0.25) is 0 Å². The smallest absolute Gasteiger partial charge is 0.340 e. The van der Waals surface area contributed by atoms with E-state index in [9.17, 15) is 9.59 Å². The Morgan fingerprint density at radius 1 is 1.00 bits per heavy atom. The van der Waals surface area contributed by atoms with E-state index in [2.05, 4.69) is 0 Å². The standard InChI is InChI=1S/C23H23NO5/c1-5-29-19-10-6-16(7-11-19)14-20-21(23(26)28-4)15(2)24(22(20)25)17-8-12-18(27-3)13-9-17/h6-14H,5H2,1-4H3/b20-14-. The van der Waals surface area contributed by atoms with Crippen molar-refractivity contribution in [1.82, 2.24) is 0 Å². The van der Waals surface area contributed by atoms with E-state index in [4.69, 9.17) is 14.2 Å². The number of amides is 1. The van der Waals surface area contributed by atoms with Gasteiger partial charge in [0.05, 0.1) is 32.0 Å². The predicted molar refractivity (Wildman–Crippen MR) is 111 cm³/mol. The second-order valence-electron chi connectivity index (χ2n) is 6.35. The maximum atomic E-state index is 13.2. The van der Waals surface area contributed by atoms with E-state index in [0.29, 0.717) is 23.7 Å². The van der Waals surface area contributed by atoms with Crippen LogP contribution in [-0.2, 0) is 14.3 Å². The zero-order valence-electron chi connectivity index (χ0n) is 16.9. The van der Waals surface area contributed by atoms with Gasteiger partial charge in [-0.1, -0.05) is 12.1 Å². The highest BCUT2D eigenvalue weighted by Crippen LogP contribution is 2.36. The summed E-state index contributed by atoms with van der Waals surface area (Å²) in [6.07, 6.45) is 1.69. The van der Waals surface area contributed by atoms with Gasteiger partial charge < -0.3 is 14.2 Å². The molecular formula is C23H23NO5. The fourth-order valence-corrected chi connectivity index (χ4v) is 3.22. The fourth-order valence-electron chi connectivity index (χ4n) is 3.22. The third-order valence-electron chi connectivity index (χ3n) is 4.62. The van der Waals surface area contributed by atoms with E-state index in [1.165, 1.54) is 12.0 Å². The zero-order chi connectivity index (χ0) is 21.0. The van der Waals surface area contributed by atoms with E-state index < -0.39 is 5.97 Å². The van der Waals surface area contributed by atoms with Crippen molar-refractivity contribution in [3.63, 3.8) is 0 Å². The number of hydrogen-bond donors (Lipinski definition) is 0. The summed E-state index contributed by atoms with van der Waals surface area (Å²) in [5.41, 5.74) is 2.48. The number of ether oxygens (including phenoxy) is 3. The number of esters is 1. The lowest BCUT2D eigenvalue weighted by Gasteiger charge is -2.18. The van der Waals surface area contributed by atoms with E-state index >= 15 is 0 Å². The van der Waals surface area contributed by atoms with Crippen LogP contribution in [0.5, 0.6) is 11.5 Å².